The average Bonchev–Trinajstić information content (AvgIpc) is 3.12. The Labute approximate surface area is 116 Å². The predicted octanol–water partition coefficient (Wildman–Crippen LogP) is 2.91. The molecule has 2 N–H and O–H groups in total. The maximum atomic E-state index is 11.9. The van der Waals surface area contributed by atoms with E-state index in [1.807, 2.05) is 0 Å². The zero-order valence-electron chi connectivity index (χ0n) is 10.5. The molecule has 1 aliphatic carbocycles. The first-order valence-corrected chi connectivity index (χ1v) is 6.40. The predicted molar refractivity (Wildman–Crippen MR) is 72.8 cm³/mol. The Balaban J connectivity index is 2.11. The van der Waals surface area contributed by atoms with Crippen LogP contribution in [0.3, 0.4) is 0 Å². The summed E-state index contributed by atoms with van der Waals surface area (Å²) in [5.41, 5.74) is 0.130. The Morgan fingerprint density at radius 2 is 2.16 bits per heavy atom. The monoisotopic (exact) mass is 282 g/mol. The van der Waals surface area contributed by atoms with Crippen LogP contribution in [0.15, 0.2) is 18.2 Å². The number of carboxylic acid groups (broad SMARTS) is 1. The molecule has 0 spiro atoms. The van der Waals surface area contributed by atoms with E-state index in [1.165, 1.54) is 12.1 Å². The molecular weight excluding hydrogens is 268 g/mol. The van der Waals surface area contributed by atoms with Gasteiger partial charge in [0.2, 0.25) is 0 Å². The van der Waals surface area contributed by atoms with Crippen molar-refractivity contribution in [1.29, 1.82) is 0 Å². The van der Waals surface area contributed by atoms with Crippen LogP contribution in [0.1, 0.15) is 23.2 Å². The number of hydrogen-bond acceptors (Lipinski definition) is 2. The van der Waals surface area contributed by atoms with E-state index in [1.54, 1.807) is 18.0 Å². The van der Waals surface area contributed by atoms with Gasteiger partial charge in [-0.05, 0) is 30.9 Å². The van der Waals surface area contributed by atoms with Crippen molar-refractivity contribution in [3.63, 3.8) is 0 Å². The van der Waals surface area contributed by atoms with Crippen LogP contribution in [0.5, 0.6) is 0 Å². The van der Waals surface area contributed by atoms with Crippen LogP contribution in [-0.2, 0) is 0 Å². The molecule has 6 heteroatoms. The van der Waals surface area contributed by atoms with Crippen LogP contribution in [0, 0.1) is 5.92 Å². The van der Waals surface area contributed by atoms with E-state index >= 15 is 0 Å². The van der Waals surface area contributed by atoms with E-state index in [0.29, 0.717) is 12.5 Å². The highest BCUT2D eigenvalue weighted by Crippen LogP contribution is 2.30. The minimum atomic E-state index is -1.16. The fourth-order valence-electron chi connectivity index (χ4n) is 1.83. The second kappa shape index (κ2) is 5.48. The molecule has 0 aliphatic heterocycles. The molecule has 0 aromatic heterocycles. The molecule has 1 aliphatic rings. The lowest BCUT2D eigenvalue weighted by Gasteiger charge is -2.18. The Bertz CT molecular complexity index is 515. The number of benzene rings is 1. The first-order chi connectivity index (χ1) is 8.99. The van der Waals surface area contributed by atoms with E-state index in [4.69, 9.17) is 16.7 Å². The third-order valence-electron chi connectivity index (χ3n) is 3.04. The number of carbonyl (C=O) groups excluding carboxylic acids is 1. The second-order valence-corrected chi connectivity index (χ2v) is 5.13. The van der Waals surface area contributed by atoms with E-state index < -0.39 is 5.97 Å². The molecular formula is C13H15ClN2O3. The lowest BCUT2D eigenvalue weighted by atomic mass is 10.2. The zero-order valence-corrected chi connectivity index (χ0v) is 11.3. The van der Waals surface area contributed by atoms with Gasteiger partial charge in [0, 0.05) is 13.6 Å². The minimum absolute atomic E-state index is 0.0858. The van der Waals surface area contributed by atoms with E-state index in [-0.39, 0.29) is 22.3 Å². The molecule has 1 fully saturated rings. The van der Waals surface area contributed by atoms with Gasteiger partial charge in [-0.25, -0.2) is 9.59 Å². The van der Waals surface area contributed by atoms with Crippen molar-refractivity contribution in [2.45, 2.75) is 12.8 Å². The molecule has 2 rings (SSSR count). The minimum Gasteiger partial charge on any atom is -0.478 e. The molecule has 19 heavy (non-hydrogen) atoms. The van der Waals surface area contributed by atoms with Crippen LogP contribution >= 0.6 is 11.6 Å². The normalized spacial score (nSPS) is 14.0. The highest BCUT2D eigenvalue weighted by molar-refractivity contribution is 6.34. The van der Waals surface area contributed by atoms with Gasteiger partial charge in [0.15, 0.2) is 0 Å². The summed E-state index contributed by atoms with van der Waals surface area (Å²) in [4.78, 5) is 24.6. The largest absolute Gasteiger partial charge is 0.478 e. The third-order valence-corrected chi connectivity index (χ3v) is 3.36. The van der Waals surface area contributed by atoms with Crippen molar-refractivity contribution in [2.24, 2.45) is 5.92 Å². The smallest absolute Gasteiger partial charge is 0.339 e. The fourth-order valence-corrected chi connectivity index (χ4v) is 2.08. The summed E-state index contributed by atoms with van der Waals surface area (Å²) in [5, 5.41) is 11.8. The van der Waals surface area contributed by atoms with E-state index in [0.717, 1.165) is 12.8 Å². The summed E-state index contributed by atoms with van der Waals surface area (Å²) in [7, 11) is 1.69. The van der Waals surface area contributed by atoms with Crippen molar-refractivity contribution >= 4 is 29.3 Å². The van der Waals surface area contributed by atoms with Crippen molar-refractivity contribution in [3.8, 4) is 0 Å². The van der Waals surface area contributed by atoms with Gasteiger partial charge in [0.1, 0.15) is 5.56 Å². The number of nitrogens with one attached hydrogen (secondary N) is 1. The van der Waals surface area contributed by atoms with Crippen LogP contribution in [-0.4, -0.2) is 35.6 Å². The number of hydrogen-bond donors (Lipinski definition) is 2. The van der Waals surface area contributed by atoms with Gasteiger partial charge in [0.05, 0.1) is 10.7 Å². The summed E-state index contributed by atoms with van der Waals surface area (Å²) < 4.78 is 0. The van der Waals surface area contributed by atoms with Crippen molar-refractivity contribution in [3.05, 3.63) is 28.8 Å². The van der Waals surface area contributed by atoms with Gasteiger partial charge < -0.3 is 15.3 Å². The Hall–Kier alpha value is -1.75. The van der Waals surface area contributed by atoms with Gasteiger partial charge in [-0.15, -0.1) is 0 Å². The average molecular weight is 283 g/mol. The molecule has 0 bridgehead atoms. The SMILES string of the molecule is CN(CC1CC1)C(=O)Nc1cccc(Cl)c1C(=O)O. The summed E-state index contributed by atoms with van der Waals surface area (Å²) >= 11 is 5.84. The highest BCUT2D eigenvalue weighted by Gasteiger charge is 2.25. The number of anilines is 1. The zero-order chi connectivity index (χ0) is 14.0. The number of carbonyl (C=O) groups is 2. The van der Waals surface area contributed by atoms with Crippen LogP contribution in [0.25, 0.3) is 0 Å². The fraction of sp³-hybridized carbons (Fsp3) is 0.385. The Morgan fingerprint density at radius 1 is 1.47 bits per heavy atom. The molecule has 2 amide bonds. The number of aromatic carboxylic acids is 1. The maximum Gasteiger partial charge on any atom is 0.339 e. The topological polar surface area (TPSA) is 69.6 Å². The number of urea groups is 1. The molecule has 0 heterocycles. The van der Waals surface area contributed by atoms with E-state index in [9.17, 15) is 9.59 Å². The molecule has 0 unspecified atom stereocenters. The van der Waals surface area contributed by atoms with Crippen LogP contribution in [0.4, 0.5) is 10.5 Å². The molecule has 0 atom stereocenters. The van der Waals surface area contributed by atoms with Crippen LogP contribution < -0.4 is 5.32 Å². The quantitative estimate of drug-likeness (QED) is 0.892. The van der Waals surface area contributed by atoms with Crippen LogP contribution in [0.2, 0.25) is 5.02 Å². The number of rotatable bonds is 4. The number of nitrogens with zero attached hydrogens (tertiary/aromatic N) is 1. The summed E-state index contributed by atoms with van der Waals surface area (Å²) in [6.07, 6.45) is 2.30. The Kier molecular flexibility index (Phi) is 3.95. The van der Waals surface area contributed by atoms with E-state index in [2.05, 4.69) is 5.32 Å². The third kappa shape index (κ3) is 3.38. The van der Waals surface area contributed by atoms with Gasteiger partial charge in [-0.2, -0.15) is 0 Å². The molecule has 1 saturated carbocycles. The summed E-state index contributed by atoms with van der Waals surface area (Å²) in [6, 6.07) is 4.29. The second-order valence-electron chi connectivity index (χ2n) is 4.72. The van der Waals surface area contributed by atoms with Crippen molar-refractivity contribution in [2.75, 3.05) is 18.9 Å². The first-order valence-electron chi connectivity index (χ1n) is 6.03. The molecule has 0 radical (unpaired) electrons. The van der Waals surface area contributed by atoms with Gasteiger partial charge in [-0.3, -0.25) is 0 Å². The van der Waals surface area contributed by atoms with Crippen molar-refractivity contribution in [1.82, 2.24) is 4.90 Å². The summed E-state index contributed by atoms with van der Waals surface area (Å²) in [6.45, 7) is 0.689. The van der Waals surface area contributed by atoms with Gasteiger partial charge in [0.25, 0.3) is 0 Å². The standard InChI is InChI=1S/C13H15ClN2O3/c1-16(7-8-5-6-8)13(19)15-10-4-2-3-9(14)11(10)12(17)18/h2-4,8H,5-7H2,1H3,(H,15,19)(H,17,18). The summed E-state index contributed by atoms with van der Waals surface area (Å²) in [5.74, 6) is -0.584. The lowest BCUT2D eigenvalue weighted by molar-refractivity contribution is 0.0698. The molecule has 102 valence electrons. The highest BCUT2D eigenvalue weighted by atomic mass is 35.5. The van der Waals surface area contributed by atoms with Gasteiger partial charge in [-0.1, -0.05) is 17.7 Å². The molecule has 0 saturated heterocycles. The van der Waals surface area contributed by atoms with Crippen molar-refractivity contribution < 1.29 is 14.7 Å². The van der Waals surface area contributed by atoms with Gasteiger partial charge >= 0.3 is 12.0 Å². The number of amides is 2. The number of carboxylic acids is 1. The molecule has 1 aromatic carbocycles. The lowest BCUT2D eigenvalue weighted by Crippen LogP contribution is -2.33. The maximum absolute atomic E-state index is 11.9. The molecule has 5 nitrogen and oxygen atoms in total. The Morgan fingerprint density at radius 3 is 2.74 bits per heavy atom. The molecule has 1 aromatic rings. The first kappa shape index (κ1) is 13.7. The number of halogens is 1.